The molecule has 0 radical (unpaired) electrons. The van der Waals surface area contributed by atoms with Crippen molar-refractivity contribution in [3.8, 4) is 0 Å². The monoisotopic (exact) mass is 288 g/mol. The van der Waals surface area contributed by atoms with E-state index >= 15 is 0 Å². The molecule has 0 unspecified atom stereocenters. The molecular formula is C15H16N2O4. The normalized spacial score (nSPS) is 27.3. The van der Waals surface area contributed by atoms with Gasteiger partial charge in [-0.05, 0) is 19.4 Å². The Labute approximate surface area is 122 Å². The minimum atomic E-state index is -0.727. The highest BCUT2D eigenvalue weighted by Gasteiger charge is 2.61. The van der Waals surface area contributed by atoms with Crippen LogP contribution in [-0.4, -0.2) is 46.4 Å². The minimum absolute atomic E-state index is 0.212. The van der Waals surface area contributed by atoms with Crippen LogP contribution in [0.5, 0.6) is 0 Å². The van der Waals surface area contributed by atoms with E-state index in [4.69, 9.17) is 4.74 Å². The van der Waals surface area contributed by atoms with Crippen LogP contribution in [0.15, 0.2) is 30.3 Å². The molecule has 21 heavy (non-hydrogen) atoms. The third kappa shape index (κ3) is 1.82. The number of likely N-dealkylation sites (tertiary alicyclic amines) is 1. The number of cyclic esters (lactones) is 1. The molecule has 0 aliphatic carbocycles. The maximum absolute atomic E-state index is 12.2. The zero-order valence-electron chi connectivity index (χ0n) is 11.9. The van der Waals surface area contributed by atoms with E-state index in [9.17, 15) is 14.4 Å². The topological polar surface area (TPSA) is 66.9 Å². The van der Waals surface area contributed by atoms with Gasteiger partial charge in [-0.2, -0.15) is 0 Å². The second-order valence-corrected chi connectivity index (χ2v) is 5.78. The summed E-state index contributed by atoms with van der Waals surface area (Å²) >= 11 is 0. The summed E-state index contributed by atoms with van der Waals surface area (Å²) in [6.45, 7) is 3.74. The first-order chi connectivity index (χ1) is 9.98. The molecule has 2 heterocycles. The Balaban J connectivity index is 1.94. The summed E-state index contributed by atoms with van der Waals surface area (Å²) in [6.07, 6.45) is -0.00145. The molecule has 2 fully saturated rings. The molecule has 6 nitrogen and oxygen atoms in total. The molecule has 2 atom stereocenters. The zero-order valence-corrected chi connectivity index (χ0v) is 11.9. The SMILES string of the molecule is CC1(C)[C@H](N2C(=O)OC[C@@H]2c2ccccc2)C(=O)N1C=O. The average Bonchev–Trinajstić information content (AvgIpc) is 2.82. The molecule has 3 amide bonds. The van der Waals surface area contributed by atoms with Crippen LogP contribution in [0.4, 0.5) is 4.79 Å². The molecule has 3 rings (SSSR count). The molecule has 1 aromatic carbocycles. The number of imide groups is 1. The lowest BCUT2D eigenvalue weighted by atomic mass is 9.80. The van der Waals surface area contributed by atoms with Crippen molar-refractivity contribution in [3.05, 3.63) is 35.9 Å². The molecule has 0 N–H and O–H groups in total. The third-order valence-electron chi connectivity index (χ3n) is 4.24. The lowest BCUT2D eigenvalue weighted by molar-refractivity contribution is -0.171. The molecule has 0 spiro atoms. The number of rotatable bonds is 3. The lowest BCUT2D eigenvalue weighted by Crippen LogP contribution is -2.76. The summed E-state index contributed by atoms with van der Waals surface area (Å²) in [5.41, 5.74) is 0.186. The largest absolute Gasteiger partial charge is 0.447 e. The van der Waals surface area contributed by atoms with E-state index in [0.717, 1.165) is 10.5 Å². The summed E-state index contributed by atoms with van der Waals surface area (Å²) in [4.78, 5) is 37.8. The summed E-state index contributed by atoms with van der Waals surface area (Å²) < 4.78 is 5.13. The van der Waals surface area contributed by atoms with Crippen LogP contribution in [-0.2, 0) is 14.3 Å². The van der Waals surface area contributed by atoms with Crippen LogP contribution in [0.3, 0.4) is 0 Å². The Morgan fingerprint density at radius 1 is 1.24 bits per heavy atom. The summed E-state index contributed by atoms with van der Waals surface area (Å²) in [7, 11) is 0. The highest BCUT2D eigenvalue weighted by molar-refractivity contribution is 6.01. The second kappa shape index (κ2) is 4.58. The number of benzene rings is 1. The lowest BCUT2D eigenvalue weighted by Gasteiger charge is -2.53. The number of amides is 3. The van der Waals surface area contributed by atoms with E-state index in [1.54, 1.807) is 13.8 Å². The first-order valence-electron chi connectivity index (χ1n) is 6.77. The second-order valence-electron chi connectivity index (χ2n) is 5.78. The van der Waals surface area contributed by atoms with Crippen molar-refractivity contribution in [2.24, 2.45) is 0 Å². The Kier molecular flexibility index (Phi) is 2.97. The molecular weight excluding hydrogens is 272 g/mol. The molecule has 0 saturated carbocycles. The number of carbonyl (C=O) groups excluding carboxylic acids is 3. The van der Waals surface area contributed by atoms with Gasteiger partial charge in [0.05, 0.1) is 11.6 Å². The van der Waals surface area contributed by atoms with Gasteiger partial charge in [0.15, 0.2) is 0 Å². The van der Waals surface area contributed by atoms with Crippen LogP contribution < -0.4 is 0 Å². The first-order valence-corrected chi connectivity index (χ1v) is 6.77. The van der Waals surface area contributed by atoms with Crippen LogP contribution >= 0.6 is 0 Å². The number of ether oxygens (including phenoxy) is 1. The van der Waals surface area contributed by atoms with E-state index in [2.05, 4.69) is 0 Å². The number of carbonyl (C=O) groups is 3. The molecule has 2 aliphatic heterocycles. The van der Waals surface area contributed by atoms with Gasteiger partial charge in [0.1, 0.15) is 12.6 Å². The van der Waals surface area contributed by atoms with E-state index in [-0.39, 0.29) is 18.6 Å². The number of hydrogen-bond acceptors (Lipinski definition) is 4. The van der Waals surface area contributed by atoms with Gasteiger partial charge in [-0.1, -0.05) is 30.3 Å². The Morgan fingerprint density at radius 2 is 1.90 bits per heavy atom. The average molecular weight is 288 g/mol. The van der Waals surface area contributed by atoms with Crippen molar-refractivity contribution >= 4 is 18.4 Å². The predicted molar refractivity (Wildman–Crippen MR) is 73.1 cm³/mol. The van der Waals surface area contributed by atoms with E-state index in [1.807, 2.05) is 30.3 Å². The van der Waals surface area contributed by atoms with E-state index in [1.165, 1.54) is 4.90 Å². The highest BCUT2D eigenvalue weighted by atomic mass is 16.6. The predicted octanol–water partition coefficient (Wildman–Crippen LogP) is 1.33. The maximum atomic E-state index is 12.2. The molecule has 1 aromatic rings. The fourth-order valence-corrected chi connectivity index (χ4v) is 3.08. The molecule has 0 aromatic heterocycles. The van der Waals surface area contributed by atoms with Gasteiger partial charge in [0.25, 0.3) is 5.91 Å². The van der Waals surface area contributed by atoms with Gasteiger partial charge < -0.3 is 4.74 Å². The van der Waals surface area contributed by atoms with Crippen molar-refractivity contribution in [1.29, 1.82) is 0 Å². The highest BCUT2D eigenvalue weighted by Crippen LogP contribution is 2.41. The molecule has 2 aliphatic rings. The van der Waals surface area contributed by atoms with Gasteiger partial charge in [0, 0.05) is 0 Å². The summed E-state index contributed by atoms with van der Waals surface area (Å²) in [5, 5.41) is 0. The number of nitrogens with zero attached hydrogens (tertiary/aromatic N) is 2. The van der Waals surface area contributed by atoms with Crippen LogP contribution in [0, 0.1) is 0 Å². The van der Waals surface area contributed by atoms with Gasteiger partial charge in [-0.3, -0.25) is 19.4 Å². The fourth-order valence-electron chi connectivity index (χ4n) is 3.08. The van der Waals surface area contributed by atoms with Crippen LogP contribution in [0.2, 0.25) is 0 Å². The van der Waals surface area contributed by atoms with Gasteiger partial charge in [0.2, 0.25) is 6.41 Å². The Morgan fingerprint density at radius 3 is 2.48 bits per heavy atom. The van der Waals surface area contributed by atoms with Gasteiger partial charge in [-0.25, -0.2) is 4.79 Å². The Bertz CT molecular complexity index is 599. The van der Waals surface area contributed by atoms with Crippen LogP contribution in [0.1, 0.15) is 25.5 Å². The first kappa shape index (κ1) is 13.6. The van der Waals surface area contributed by atoms with Gasteiger partial charge >= 0.3 is 6.09 Å². The van der Waals surface area contributed by atoms with Crippen LogP contribution in [0.25, 0.3) is 0 Å². The minimum Gasteiger partial charge on any atom is -0.447 e. The van der Waals surface area contributed by atoms with Crippen molar-refractivity contribution in [3.63, 3.8) is 0 Å². The van der Waals surface area contributed by atoms with Crippen molar-refractivity contribution in [2.75, 3.05) is 6.61 Å². The Hall–Kier alpha value is -2.37. The number of β-lactam (4-membered cyclic amide) rings is 1. The zero-order chi connectivity index (χ0) is 15.2. The maximum Gasteiger partial charge on any atom is 0.411 e. The quantitative estimate of drug-likeness (QED) is 0.621. The van der Waals surface area contributed by atoms with Gasteiger partial charge in [-0.15, -0.1) is 0 Å². The standard InChI is InChI=1S/C15H16N2O4/c1-15(2)12(13(19)16(15)9-18)17-11(8-21-14(17)20)10-6-4-3-5-7-10/h3-7,9,11-12H,8H2,1-2H3/t11-,12-/m1/s1. The van der Waals surface area contributed by atoms with Crippen molar-refractivity contribution < 1.29 is 19.1 Å². The molecule has 2 saturated heterocycles. The smallest absolute Gasteiger partial charge is 0.411 e. The fraction of sp³-hybridized carbons (Fsp3) is 0.400. The number of hydrogen-bond donors (Lipinski definition) is 0. The summed E-state index contributed by atoms with van der Waals surface area (Å²) in [5.74, 6) is -0.366. The molecule has 110 valence electrons. The van der Waals surface area contributed by atoms with E-state index < -0.39 is 17.7 Å². The molecule has 6 heteroatoms. The summed E-state index contributed by atoms with van der Waals surface area (Å²) in [6, 6.07) is 8.45. The molecule has 0 bridgehead atoms. The van der Waals surface area contributed by atoms with Crippen molar-refractivity contribution in [2.45, 2.75) is 31.5 Å². The van der Waals surface area contributed by atoms with Crippen molar-refractivity contribution in [1.82, 2.24) is 9.80 Å². The third-order valence-corrected chi connectivity index (χ3v) is 4.24. The van der Waals surface area contributed by atoms with E-state index in [0.29, 0.717) is 6.41 Å².